The number of ether oxygens (including phenoxy) is 1. The van der Waals surface area contributed by atoms with Gasteiger partial charge in [0, 0.05) is 37.6 Å². The Bertz CT molecular complexity index is 1020. The van der Waals surface area contributed by atoms with Gasteiger partial charge in [0.15, 0.2) is 0 Å². The molecule has 0 aliphatic heterocycles. The number of amides is 1. The molecule has 0 bridgehead atoms. The second-order valence-electron chi connectivity index (χ2n) is 6.35. The second kappa shape index (κ2) is 10.0. The topological polar surface area (TPSA) is 79.9 Å². The first kappa shape index (κ1) is 20.1. The van der Waals surface area contributed by atoms with Crippen molar-refractivity contribution >= 4 is 12.0 Å². The maximum Gasteiger partial charge on any atom is 0.261 e. The van der Waals surface area contributed by atoms with Crippen molar-refractivity contribution in [3.63, 3.8) is 0 Å². The Morgan fingerprint density at radius 3 is 2.52 bits per heavy atom. The molecule has 0 spiro atoms. The van der Waals surface area contributed by atoms with Gasteiger partial charge in [0.2, 0.25) is 0 Å². The molecule has 0 aliphatic rings. The molecule has 1 heterocycles. The molecule has 0 fully saturated rings. The number of carbonyl (C=O) groups is 1. The maximum atomic E-state index is 12.4. The highest BCUT2D eigenvalue weighted by Crippen LogP contribution is 2.25. The molecule has 3 aromatic rings. The van der Waals surface area contributed by atoms with Gasteiger partial charge in [-0.3, -0.25) is 4.79 Å². The molecule has 1 N–H and O–H groups in total. The Morgan fingerprint density at radius 1 is 1.17 bits per heavy atom. The molecule has 1 amide bonds. The largest absolute Gasteiger partial charge is 0.385 e. The van der Waals surface area contributed by atoms with Gasteiger partial charge in [-0.15, -0.1) is 0 Å². The van der Waals surface area contributed by atoms with Gasteiger partial charge in [0.25, 0.3) is 5.91 Å². The summed E-state index contributed by atoms with van der Waals surface area (Å²) in [5.41, 5.74) is 3.24. The molecule has 6 nitrogen and oxygen atoms in total. The van der Waals surface area contributed by atoms with E-state index in [1.807, 2.05) is 72.9 Å². The lowest BCUT2D eigenvalue weighted by Gasteiger charge is -2.04. The summed E-state index contributed by atoms with van der Waals surface area (Å²) in [5, 5.41) is 17.0. The van der Waals surface area contributed by atoms with Gasteiger partial charge >= 0.3 is 0 Å². The Hall–Kier alpha value is -3.69. The molecule has 1 aromatic heterocycles. The summed E-state index contributed by atoms with van der Waals surface area (Å²) in [6, 6.07) is 21.4. The van der Waals surface area contributed by atoms with Gasteiger partial charge in [-0.05, 0) is 24.6 Å². The van der Waals surface area contributed by atoms with Crippen LogP contribution in [0.1, 0.15) is 12.0 Å². The number of hydrogen-bond donors (Lipinski definition) is 1. The first-order valence-corrected chi connectivity index (χ1v) is 9.32. The second-order valence-corrected chi connectivity index (χ2v) is 6.35. The number of benzene rings is 2. The minimum absolute atomic E-state index is 0.0345. The molecular formula is C23H22N4O2. The van der Waals surface area contributed by atoms with Gasteiger partial charge in [-0.25, -0.2) is 4.68 Å². The summed E-state index contributed by atoms with van der Waals surface area (Å²) in [6.45, 7) is 0.994. The molecule has 2 aromatic carbocycles. The third-order valence-electron chi connectivity index (χ3n) is 4.29. The fraction of sp³-hybridized carbons (Fsp3) is 0.174. The molecule has 6 heteroatoms. The highest BCUT2D eigenvalue weighted by molar-refractivity contribution is 6.02. The van der Waals surface area contributed by atoms with Crippen LogP contribution in [0, 0.1) is 11.3 Å². The quantitative estimate of drug-likeness (QED) is 0.364. The normalized spacial score (nSPS) is 11.1. The number of nitrogens with zero attached hydrogens (tertiary/aromatic N) is 3. The summed E-state index contributed by atoms with van der Waals surface area (Å²) in [7, 11) is 1.61. The van der Waals surface area contributed by atoms with Crippen LogP contribution < -0.4 is 5.32 Å². The molecule has 29 heavy (non-hydrogen) atoms. The van der Waals surface area contributed by atoms with Crippen LogP contribution >= 0.6 is 0 Å². The van der Waals surface area contributed by atoms with Crippen LogP contribution in [0.5, 0.6) is 0 Å². The van der Waals surface area contributed by atoms with Gasteiger partial charge < -0.3 is 10.1 Å². The third kappa shape index (κ3) is 5.18. The van der Waals surface area contributed by atoms with E-state index < -0.39 is 5.91 Å². The summed E-state index contributed by atoms with van der Waals surface area (Å²) in [4.78, 5) is 12.4. The van der Waals surface area contributed by atoms with E-state index in [4.69, 9.17) is 9.84 Å². The lowest BCUT2D eigenvalue weighted by Crippen LogP contribution is -2.26. The zero-order valence-corrected chi connectivity index (χ0v) is 16.2. The van der Waals surface area contributed by atoms with Crippen LogP contribution in [0.4, 0.5) is 0 Å². The van der Waals surface area contributed by atoms with Crippen LogP contribution in [0.2, 0.25) is 0 Å². The Balaban J connectivity index is 1.96. The Morgan fingerprint density at radius 2 is 1.86 bits per heavy atom. The van der Waals surface area contributed by atoms with E-state index in [-0.39, 0.29) is 5.57 Å². The number of carbonyl (C=O) groups excluding carboxylic acids is 1. The van der Waals surface area contributed by atoms with Crippen molar-refractivity contribution in [1.82, 2.24) is 15.1 Å². The zero-order valence-electron chi connectivity index (χ0n) is 16.2. The average Bonchev–Trinajstić information content (AvgIpc) is 3.20. The highest BCUT2D eigenvalue weighted by atomic mass is 16.5. The molecule has 3 rings (SSSR count). The van der Waals surface area contributed by atoms with Crippen molar-refractivity contribution < 1.29 is 9.53 Å². The van der Waals surface area contributed by atoms with E-state index >= 15 is 0 Å². The van der Waals surface area contributed by atoms with E-state index in [0.717, 1.165) is 11.3 Å². The van der Waals surface area contributed by atoms with E-state index in [2.05, 4.69) is 5.32 Å². The van der Waals surface area contributed by atoms with Crippen molar-refractivity contribution in [3.8, 4) is 23.0 Å². The van der Waals surface area contributed by atoms with Crippen LogP contribution in [0.15, 0.2) is 72.4 Å². The first-order valence-electron chi connectivity index (χ1n) is 9.32. The smallest absolute Gasteiger partial charge is 0.261 e. The predicted octanol–water partition coefficient (Wildman–Crippen LogP) is 3.60. The van der Waals surface area contributed by atoms with Crippen LogP contribution in [0.25, 0.3) is 23.0 Å². The molecule has 0 radical (unpaired) electrons. The number of rotatable bonds is 8. The number of nitrogens with one attached hydrogen (secondary N) is 1. The summed E-state index contributed by atoms with van der Waals surface area (Å²) in [5.74, 6) is -0.407. The molecular weight excluding hydrogens is 364 g/mol. The summed E-state index contributed by atoms with van der Waals surface area (Å²) in [6.07, 6.45) is 4.09. The minimum atomic E-state index is -0.407. The number of para-hydroxylation sites is 1. The Kier molecular flexibility index (Phi) is 6.93. The van der Waals surface area contributed by atoms with Crippen molar-refractivity contribution in [2.45, 2.75) is 6.42 Å². The third-order valence-corrected chi connectivity index (χ3v) is 4.29. The van der Waals surface area contributed by atoms with E-state index in [1.165, 1.54) is 0 Å². The lowest BCUT2D eigenvalue weighted by molar-refractivity contribution is -0.117. The van der Waals surface area contributed by atoms with E-state index in [1.54, 1.807) is 17.9 Å². The fourth-order valence-corrected chi connectivity index (χ4v) is 2.84. The van der Waals surface area contributed by atoms with Crippen LogP contribution in [-0.2, 0) is 9.53 Å². The molecule has 0 saturated carbocycles. The van der Waals surface area contributed by atoms with Crippen molar-refractivity contribution in [3.05, 3.63) is 78.0 Å². The van der Waals surface area contributed by atoms with E-state index in [0.29, 0.717) is 30.8 Å². The zero-order chi connectivity index (χ0) is 20.5. The molecule has 0 saturated heterocycles. The molecule has 0 aliphatic carbocycles. The Labute approximate surface area is 170 Å². The standard InChI is InChI=1S/C23H22N4O2/c1-29-14-8-13-25-23(28)19(16-24)15-20-17-27(21-11-6-3-7-12-21)26-22(20)18-9-4-2-5-10-18/h2-7,9-12,15,17H,8,13-14H2,1H3,(H,25,28)/b19-15+. The molecule has 0 unspecified atom stereocenters. The van der Waals surface area contributed by atoms with Crippen molar-refractivity contribution in [2.24, 2.45) is 0 Å². The number of aromatic nitrogens is 2. The maximum absolute atomic E-state index is 12.4. The van der Waals surface area contributed by atoms with Gasteiger partial charge in [0.1, 0.15) is 11.6 Å². The minimum Gasteiger partial charge on any atom is -0.385 e. The first-order chi connectivity index (χ1) is 14.2. The molecule has 146 valence electrons. The van der Waals surface area contributed by atoms with Crippen LogP contribution in [0.3, 0.4) is 0 Å². The van der Waals surface area contributed by atoms with Gasteiger partial charge in [-0.1, -0.05) is 48.5 Å². The van der Waals surface area contributed by atoms with E-state index in [9.17, 15) is 10.1 Å². The monoisotopic (exact) mass is 386 g/mol. The number of nitriles is 1. The van der Waals surface area contributed by atoms with Crippen molar-refractivity contribution in [2.75, 3.05) is 20.3 Å². The highest BCUT2D eigenvalue weighted by Gasteiger charge is 2.14. The SMILES string of the molecule is COCCCNC(=O)/C(C#N)=C/c1cn(-c2ccccc2)nc1-c1ccccc1. The summed E-state index contributed by atoms with van der Waals surface area (Å²) < 4.78 is 6.72. The van der Waals surface area contributed by atoms with Crippen LogP contribution in [-0.4, -0.2) is 35.9 Å². The number of hydrogen-bond acceptors (Lipinski definition) is 4. The predicted molar refractivity (Wildman–Crippen MR) is 112 cm³/mol. The number of methoxy groups -OCH3 is 1. The fourth-order valence-electron chi connectivity index (χ4n) is 2.84. The van der Waals surface area contributed by atoms with Crippen molar-refractivity contribution in [1.29, 1.82) is 5.26 Å². The van der Waals surface area contributed by atoms with Gasteiger partial charge in [-0.2, -0.15) is 10.4 Å². The average molecular weight is 386 g/mol. The molecule has 0 atom stereocenters. The summed E-state index contributed by atoms with van der Waals surface area (Å²) >= 11 is 0. The lowest BCUT2D eigenvalue weighted by atomic mass is 10.1. The van der Waals surface area contributed by atoms with Gasteiger partial charge in [0.05, 0.1) is 11.4 Å².